The molecule has 1 amide bonds. The molecule has 3 rings (SSSR count). The molecule has 5 nitrogen and oxygen atoms in total. The lowest BCUT2D eigenvalue weighted by Crippen LogP contribution is -2.53. The number of hydrogen-bond donors (Lipinski definition) is 1. The number of morpholine rings is 1. The number of fused-ring (bicyclic) bond motifs is 2. The zero-order valence-corrected chi connectivity index (χ0v) is 11.8. The first kappa shape index (κ1) is 13.3. The van der Waals surface area contributed by atoms with Gasteiger partial charge in [-0.2, -0.15) is 0 Å². The Balaban J connectivity index is 1.58. The van der Waals surface area contributed by atoms with Gasteiger partial charge in [-0.3, -0.25) is 9.69 Å². The van der Waals surface area contributed by atoms with E-state index in [9.17, 15) is 4.79 Å². The van der Waals surface area contributed by atoms with Crippen molar-refractivity contribution in [3.8, 4) is 0 Å². The van der Waals surface area contributed by atoms with E-state index in [0.29, 0.717) is 31.3 Å². The van der Waals surface area contributed by atoms with E-state index in [0.717, 1.165) is 25.9 Å². The summed E-state index contributed by atoms with van der Waals surface area (Å²) in [6.07, 6.45) is 4.72. The summed E-state index contributed by atoms with van der Waals surface area (Å²) in [5.41, 5.74) is 6.07. The van der Waals surface area contributed by atoms with Crippen molar-refractivity contribution >= 4 is 5.91 Å². The summed E-state index contributed by atoms with van der Waals surface area (Å²) in [5, 5.41) is 0. The van der Waals surface area contributed by atoms with E-state index >= 15 is 0 Å². The van der Waals surface area contributed by atoms with E-state index in [-0.39, 0.29) is 12.0 Å². The van der Waals surface area contributed by atoms with Crippen LogP contribution >= 0.6 is 0 Å². The van der Waals surface area contributed by atoms with Gasteiger partial charge in [0.25, 0.3) is 0 Å². The van der Waals surface area contributed by atoms with Crippen LogP contribution < -0.4 is 5.73 Å². The van der Waals surface area contributed by atoms with Gasteiger partial charge in [0.1, 0.15) is 0 Å². The molecule has 3 atom stereocenters. The van der Waals surface area contributed by atoms with Gasteiger partial charge in [-0.15, -0.1) is 0 Å². The monoisotopic (exact) mass is 267 g/mol. The molecule has 108 valence electrons. The molecule has 0 aliphatic carbocycles. The molecule has 0 spiro atoms. The first-order valence-electron chi connectivity index (χ1n) is 7.54. The van der Waals surface area contributed by atoms with Gasteiger partial charge in [-0.1, -0.05) is 0 Å². The fourth-order valence-electron chi connectivity index (χ4n) is 3.88. The van der Waals surface area contributed by atoms with Crippen LogP contribution in [-0.4, -0.2) is 66.2 Å². The van der Waals surface area contributed by atoms with Crippen LogP contribution in [0.2, 0.25) is 0 Å². The van der Waals surface area contributed by atoms with Crippen LogP contribution in [0.4, 0.5) is 0 Å². The molecule has 2 N–H and O–H groups in total. The van der Waals surface area contributed by atoms with Crippen molar-refractivity contribution in [2.45, 2.75) is 56.8 Å². The van der Waals surface area contributed by atoms with Gasteiger partial charge in [-0.05, 0) is 32.6 Å². The van der Waals surface area contributed by atoms with Gasteiger partial charge in [0.2, 0.25) is 5.91 Å². The quantitative estimate of drug-likeness (QED) is 0.776. The number of nitrogens with two attached hydrogens (primary N) is 1. The Morgan fingerprint density at radius 1 is 1.32 bits per heavy atom. The molecule has 19 heavy (non-hydrogen) atoms. The lowest BCUT2D eigenvalue weighted by atomic mass is 9.98. The maximum Gasteiger partial charge on any atom is 0.236 e. The highest BCUT2D eigenvalue weighted by atomic mass is 16.5. The molecular formula is C14H25N3O2. The standard InChI is InChI=1S/C14H25N3O2/c1-10-8-16(4-5-19-10)14(18)9-17-12-2-3-13(17)7-11(15)6-12/h10-13H,2-9,15H2,1H3. The molecule has 3 aliphatic rings. The summed E-state index contributed by atoms with van der Waals surface area (Å²) >= 11 is 0. The van der Waals surface area contributed by atoms with Crippen LogP contribution in [0, 0.1) is 0 Å². The molecule has 3 fully saturated rings. The van der Waals surface area contributed by atoms with Crippen molar-refractivity contribution in [3.63, 3.8) is 0 Å². The zero-order valence-electron chi connectivity index (χ0n) is 11.8. The van der Waals surface area contributed by atoms with Crippen molar-refractivity contribution < 1.29 is 9.53 Å². The normalized spacial score (nSPS) is 39.6. The predicted molar refractivity (Wildman–Crippen MR) is 72.7 cm³/mol. The average molecular weight is 267 g/mol. The summed E-state index contributed by atoms with van der Waals surface area (Å²) in [6, 6.07) is 1.42. The van der Waals surface area contributed by atoms with Gasteiger partial charge in [0, 0.05) is 31.2 Å². The Bertz CT molecular complexity index is 336. The summed E-state index contributed by atoms with van der Waals surface area (Å²) < 4.78 is 5.49. The fraction of sp³-hybridized carbons (Fsp3) is 0.929. The largest absolute Gasteiger partial charge is 0.375 e. The number of carbonyl (C=O) groups is 1. The maximum absolute atomic E-state index is 12.4. The van der Waals surface area contributed by atoms with Gasteiger partial charge >= 0.3 is 0 Å². The number of hydrogen-bond acceptors (Lipinski definition) is 4. The van der Waals surface area contributed by atoms with E-state index in [1.807, 2.05) is 11.8 Å². The maximum atomic E-state index is 12.4. The Labute approximate surface area is 115 Å². The molecule has 2 bridgehead atoms. The smallest absolute Gasteiger partial charge is 0.236 e. The minimum atomic E-state index is 0.171. The van der Waals surface area contributed by atoms with Gasteiger partial charge in [0.05, 0.1) is 19.3 Å². The SMILES string of the molecule is CC1CN(C(=O)CN2C3CCC2CC(N)C3)CCO1. The Morgan fingerprint density at radius 2 is 2.00 bits per heavy atom. The summed E-state index contributed by atoms with van der Waals surface area (Å²) in [6.45, 7) is 4.76. The van der Waals surface area contributed by atoms with Crippen molar-refractivity contribution in [2.75, 3.05) is 26.2 Å². The second-order valence-corrected chi connectivity index (χ2v) is 6.31. The fourth-order valence-corrected chi connectivity index (χ4v) is 3.88. The van der Waals surface area contributed by atoms with Crippen molar-refractivity contribution in [1.29, 1.82) is 0 Å². The van der Waals surface area contributed by atoms with Gasteiger partial charge in [0.15, 0.2) is 0 Å². The first-order valence-corrected chi connectivity index (χ1v) is 7.54. The molecule has 3 saturated heterocycles. The third-order valence-corrected chi connectivity index (χ3v) is 4.83. The third-order valence-electron chi connectivity index (χ3n) is 4.83. The zero-order chi connectivity index (χ0) is 13.4. The van der Waals surface area contributed by atoms with Crippen LogP contribution in [0.25, 0.3) is 0 Å². The number of piperidine rings is 1. The molecule has 0 aromatic carbocycles. The number of rotatable bonds is 2. The molecule has 5 heteroatoms. The van der Waals surface area contributed by atoms with Crippen LogP contribution in [0.1, 0.15) is 32.6 Å². The number of carbonyl (C=O) groups excluding carboxylic acids is 1. The summed E-state index contributed by atoms with van der Waals surface area (Å²) in [4.78, 5) is 16.8. The minimum Gasteiger partial charge on any atom is -0.375 e. The van der Waals surface area contributed by atoms with E-state index in [4.69, 9.17) is 10.5 Å². The highest BCUT2D eigenvalue weighted by Crippen LogP contribution is 2.34. The van der Waals surface area contributed by atoms with Crippen LogP contribution in [0.5, 0.6) is 0 Å². The highest BCUT2D eigenvalue weighted by Gasteiger charge is 2.40. The minimum absolute atomic E-state index is 0.171. The molecule has 0 radical (unpaired) electrons. The van der Waals surface area contributed by atoms with E-state index < -0.39 is 0 Å². The molecule has 3 heterocycles. The van der Waals surface area contributed by atoms with Gasteiger partial charge < -0.3 is 15.4 Å². The summed E-state index contributed by atoms with van der Waals surface area (Å²) in [7, 11) is 0. The number of amides is 1. The number of nitrogens with zero attached hydrogens (tertiary/aromatic N) is 2. The lowest BCUT2D eigenvalue weighted by Gasteiger charge is -2.39. The molecule has 0 saturated carbocycles. The van der Waals surface area contributed by atoms with Crippen LogP contribution in [0.15, 0.2) is 0 Å². The lowest BCUT2D eigenvalue weighted by molar-refractivity contribution is -0.140. The van der Waals surface area contributed by atoms with E-state index in [1.54, 1.807) is 0 Å². The number of ether oxygens (including phenoxy) is 1. The molecule has 3 aliphatic heterocycles. The molecule has 0 aromatic rings. The van der Waals surface area contributed by atoms with Crippen LogP contribution in [0.3, 0.4) is 0 Å². The van der Waals surface area contributed by atoms with Crippen molar-refractivity contribution in [3.05, 3.63) is 0 Å². The van der Waals surface area contributed by atoms with Gasteiger partial charge in [-0.25, -0.2) is 0 Å². The van der Waals surface area contributed by atoms with E-state index in [2.05, 4.69) is 4.90 Å². The molecule has 3 unspecified atom stereocenters. The van der Waals surface area contributed by atoms with Crippen molar-refractivity contribution in [2.24, 2.45) is 5.73 Å². The molecule has 0 aromatic heterocycles. The highest BCUT2D eigenvalue weighted by molar-refractivity contribution is 5.78. The van der Waals surface area contributed by atoms with Crippen LogP contribution in [-0.2, 0) is 9.53 Å². The predicted octanol–water partition coefficient (Wildman–Crippen LogP) is 0.188. The molecular weight excluding hydrogens is 242 g/mol. The Kier molecular flexibility index (Phi) is 3.78. The second kappa shape index (κ2) is 5.38. The first-order chi connectivity index (χ1) is 9.13. The topological polar surface area (TPSA) is 58.8 Å². The Morgan fingerprint density at radius 3 is 2.63 bits per heavy atom. The average Bonchev–Trinajstić information content (AvgIpc) is 2.61. The van der Waals surface area contributed by atoms with E-state index in [1.165, 1.54) is 12.8 Å². The Hall–Kier alpha value is -0.650. The van der Waals surface area contributed by atoms with Crippen molar-refractivity contribution in [1.82, 2.24) is 9.80 Å². The second-order valence-electron chi connectivity index (χ2n) is 6.31. The summed E-state index contributed by atoms with van der Waals surface area (Å²) in [5.74, 6) is 0.266. The third kappa shape index (κ3) is 2.78.